The van der Waals surface area contributed by atoms with E-state index in [2.05, 4.69) is 10.5 Å². The molecule has 0 spiro atoms. The van der Waals surface area contributed by atoms with Crippen molar-refractivity contribution in [1.29, 1.82) is 0 Å². The number of amidine groups is 1. The maximum Gasteiger partial charge on any atom is 0.246 e. The van der Waals surface area contributed by atoms with Gasteiger partial charge < -0.3 is 25.7 Å². The van der Waals surface area contributed by atoms with E-state index in [1.165, 1.54) is 0 Å². The molecule has 0 saturated heterocycles. The molecule has 0 atom stereocenters. The molecule has 0 heterocycles. The van der Waals surface area contributed by atoms with E-state index in [1.807, 2.05) is 0 Å². The third-order valence-corrected chi connectivity index (χ3v) is 3.35. The summed E-state index contributed by atoms with van der Waals surface area (Å²) in [5.74, 6) is -0.193. The van der Waals surface area contributed by atoms with E-state index < -0.39 is 5.54 Å². The molecule has 1 aliphatic rings. The van der Waals surface area contributed by atoms with Crippen molar-refractivity contribution in [3.05, 3.63) is 0 Å². The third kappa shape index (κ3) is 4.68. The Labute approximate surface area is 113 Å². The van der Waals surface area contributed by atoms with Gasteiger partial charge in [0.05, 0.1) is 13.2 Å². The lowest BCUT2D eigenvalue weighted by molar-refractivity contribution is -0.127. The summed E-state index contributed by atoms with van der Waals surface area (Å²) < 4.78 is 9.98. The fourth-order valence-electron chi connectivity index (χ4n) is 2.31. The second kappa shape index (κ2) is 7.96. The number of carbonyl (C=O) groups is 1. The summed E-state index contributed by atoms with van der Waals surface area (Å²) in [4.78, 5) is 11.8. The fraction of sp³-hybridized carbons (Fsp3) is 0.833. The number of nitrogens with one attached hydrogen (secondary N) is 1. The minimum absolute atomic E-state index is 0.0518. The summed E-state index contributed by atoms with van der Waals surface area (Å²) in [6.07, 6.45) is 4.36. The second-order valence-corrected chi connectivity index (χ2v) is 4.72. The molecule has 19 heavy (non-hydrogen) atoms. The number of ether oxygens (including phenoxy) is 2. The van der Waals surface area contributed by atoms with Crippen LogP contribution < -0.4 is 11.1 Å². The molecule has 7 heteroatoms. The average Bonchev–Trinajstić information content (AvgIpc) is 2.43. The summed E-state index contributed by atoms with van der Waals surface area (Å²) in [6.45, 7) is 0.753. The number of nitrogens with zero attached hydrogens (tertiary/aromatic N) is 1. The Morgan fingerprint density at radius 1 is 1.37 bits per heavy atom. The average molecular weight is 273 g/mol. The molecule has 7 nitrogen and oxygen atoms in total. The van der Waals surface area contributed by atoms with Gasteiger partial charge in [0.2, 0.25) is 5.91 Å². The van der Waals surface area contributed by atoms with Gasteiger partial charge in [-0.3, -0.25) is 4.79 Å². The molecule has 0 radical (unpaired) electrons. The Morgan fingerprint density at radius 3 is 2.63 bits per heavy atom. The lowest BCUT2D eigenvalue weighted by Crippen LogP contribution is -2.59. The van der Waals surface area contributed by atoms with Gasteiger partial charge in [0, 0.05) is 7.11 Å². The van der Waals surface area contributed by atoms with Crippen molar-refractivity contribution < 1.29 is 19.5 Å². The van der Waals surface area contributed by atoms with E-state index in [-0.39, 0.29) is 18.3 Å². The van der Waals surface area contributed by atoms with Crippen LogP contribution in [0.15, 0.2) is 5.16 Å². The zero-order valence-corrected chi connectivity index (χ0v) is 11.4. The maximum atomic E-state index is 11.8. The highest BCUT2D eigenvalue weighted by molar-refractivity contribution is 5.94. The van der Waals surface area contributed by atoms with Crippen LogP contribution in [-0.2, 0) is 14.3 Å². The van der Waals surface area contributed by atoms with Gasteiger partial charge >= 0.3 is 0 Å². The van der Waals surface area contributed by atoms with Crippen LogP contribution in [0.1, 0.15) is 32.1 Å². The second-order valence-electron chi connectivity index (χ2n) is 4.72. The topological polar surface area (TPSA) is 106 Å². The molecule has 0 aromatic heterocycles. The summed E-state index contributed by atoms with van der Waals surface area (Å²) >= 11 is 0. The van der Waals surface area contributed by atoms with E-state index in [9.17, 15) is 4.79 Å². The minimum atomic E-state index is -0.727. The SMILES string of the molecule is COCCOCC(=O)NC1(C(N)=NO)CCCCC1. The van der Waals surface area contributed by atoms with Crippen LogP contribution in [-0.4, -0.2) is 49.4 Å². The zero-order chi connectivity index (χ0) is 14.1. The van der Waals surface area contributed by atoms with Crippen LogP contribution in [0.2, 0.25) is 0 Å². The predicted molar refractivity (Wildman–Crippen MR) is 70.1 cm³/mol. The van der Waals surface area contributed by atoms with Crippen molar-refractivity contribution in [3.8, 4) is 0 Å². The van der Waals surface area contributed by atoms with Crippen LogP contribution in [0.5, 0.6) is 0 Å². The summed E-state index contributed by atoms with van der Waals surface area (Å²) in [6, 6.07) is 0. The van der Waals surface area contributed by atoms with Gasteiger partial charge in [-0.05, 0) is 12.8 Å². The largest absolute Gasteiger partial charge is 0.409 e. The van der Waals surface area contributed by atoms with Crippen molar-refractivity contribution >= 4 is 11.7 Å². The first-order chi connectivity index (χ1) is 9.14. The summed E-state index contributed by atoms with van der Waals surface area (Å²) in [5, 5.41) is 14.8. The van der Waals surface area contributed by atoms with Crippen LogP contribution in [0.4, 0.5) is 0 Å². The number of methoxy groups -OCH3 is 1. The fourth-order valence-corrected chi connectivity index (χ4v) is 2.31. The van der Waals surface area contributed by atoms with Crippen molar-refractivity contribution in [1.82, 2.24) is 5.32 Å². The lowest BCUT2D eigenvalue weighted by atomic mass is 9.80. The number of hydrogen-bond donors (Lipinski definition) is 3. The van der Waals surface area contributed by atoms with Gasteiger partial charge in [-0.1, -0.05) is 24.4 Å². The van der Waals surface area contributed by atoms with Crippen molar-refractivity contribution in [3.63, 3.8) is 0 Å². The standard InChI is InChI=1S/C12H23N3O4/c1-18-7-8-19-9-10(16)14-12(11(13)15-17)5-3-2-4-6-12/h17H,2-9H2,1H3,(H2,13,15)(H,14,16). The van der Waals surface area contributed by atoms with Crippen LogP contribution in [0, 0.1) is 0 Å². The summed E-state index contributed by atoms with van der Waals surface area (Å²) in [7, 11) is 1.57. The van der Waals surface area contributed by atoms with Gasteiger partial charge in [-0.15, -0.1) is 0 Å². The van der Waals surface area contributed by atoms with E-state index in [4.69, 9.17) is 20.4 Å². The molecule has 110 valence electrons. The van der Waals surface area contributed by atoms with Gasteiger partial charge in [0.1, 0.15) is 12.1 Å². The number of nitrogens with two attached hydrogens (primary N) is 1. The molecule has 0 bridgehead atoms. The zero-order valence-electron chi connectivity index (χ0n) is 11.4. The van der Waals surface area contributed by atoms with Crippen molar-refractivity contribution in [2.24, 2.45) is 10.9 Å². The molecule has 4 N–H and O–H groups in total. The molecule has 0 aromatic rings. The lowest BCUT2D eigenvalue weighted by Gasteiger charge is -2.36. The Kier molecular flexibility index (Phi) is 6.58. The Bertz CT molecular complexity index is 314. The minimum Gasteiger partial charge on any atom is -0.409 e. The number of carbonyl (C=O) groups excluding carboxylic acids is 1. The number of rotatable bonds is 7. The normalized spacial score (nSPS) is 19.1. The molecule has 0 unspecified atom stereocenters. The van der Waals surface area contributed by atoms with Gasteiger partial charge in [0.25, 0.3) is 0 Å². The first-order valence-corrected chi connectivity index (χ1v) is 6.50. The van der Waals surface area contributed by atoms with Crippen LogP contribution in [0.3, 0.4) is 0 Å². The van der Waals surface area contributed by atoms with Crippen molar-refractivity contribution in [2.75, 3.05) is 26.9 Å². The smallest absolute Gasteiger partial charge is 0.246 e. The monoisotopic (exact) mass is 273 g/mol. The van der Waals surface area contributed by atoms with E-state index in [0.717, 1.165) is 19.3 Å². The molecule has 1 rings (SSSR count). The summed E-state index contributed by atoms with van der Waals surface area (Å²) in [5.41, 5.74) is 5.00. The Balaban J connectivity index is 2.50. The van der Waals surface area contributed by atoms with E-state index in [0.29, 0.717) is 26.1 Å². The molecule has 1 fully saturated rings. The Hall–Kier alpha value is -1.34. The van der Waals surface area contributed by atoms with Crippen LogP contribution >= 0.6 is 0 Å². The van der Waals surface area contributed by atoms with Gasteiger partial charge in [0.15, 0.2) is 5.84 Å². The molecular weight excluding hydrogens is 250 g/mol. The molecule has 1 amide bonds. The molecule has 0 aromatic carbocycles. The van der Waals surface area contributed by atoms with E-state index >= 15 is 0 Å². The van der Waals surface area contributed by atoms with Crippen molar-refractivity contribution in [2.45, 2.75) is 37.6 Å². The number of hydrogen-bond acceptors (Lipinski definition) is 5. The molecular formula is C12H23N3O4. The highest BCUT2D eigenvalue weighted by Gasteiger charge is 2.37. The number of amides is 1. The molecule has 1 aliphatic carbocycles. The quantitative estimate of drug-likeness (QED) is 0.202. The number of oxime groups is 1. The first-order valence-electron chi connectivity index (χ1n) is 6.50. The van der Waals surface area contributed by atoms with Crippen LogP contribution in [0.25, 0.3) is 0 Å². The highest BCUT2D eigenvalue weighted by Crippen LogP contribution is 2.28. The predicted octanol–water partition coefficient (Wildman–Crippen LogP) is 0.215. The first kappa shape index (κ1) is 15.7. The van der Waals surface area contributed by atoms with Gasteiger partial charge in [-0.2, -0.15) is 0 Å². The van der Waals surface area contributed by atoms with E-state index in [1.54, 1.807) is 7.11 Å². The van der Waals surface area contributed by atoms with Gasteiger partial charge in [-0.25, -0.2) is 0 Å². The third-order valence-electron chi connectivity index (χ3n) is 3.35. The molecule has 0 aliphatic heterocycles. The Morgan fingerprint density at radius 2 is 2.05 bits per heavy atom. The highest BCUT2D eigenvalue weighted by atomic mass is 16.5. The maximum absolute atomic E-state index is 11.8. The molecule has 1 saturated carbocycles.